The SMILES string of the molecule is CN(Cc1ccccc1)CC(O)CNCc1ccccc1. The van der Waals surface area contributed by atoms with Gasteiger partial charge in [-0.1, -0.05) is 60.7 Å². The van der Waals surface area contributed by atoms with Crippen LogP contribution in [0.4, 0.5) is 0 Å². The zero-order valence-corrected chi connectivity index (χ0v) is 12.6. The fourth-order valence-electron chi connectivity index (χ4n) is 2.36. The van der Waals surface area contributed by atoms with Gasteiger partial charge < -0.3 is 10.4 Å². The van der Waals surface area contributed by atoms with Gasteiger partial charge in [-0.3, -0.25) is 4.90 Å². The second-order valence-corrected chi connectivity index (χ2v) is 5.45. The third-order valence-electron chi connectivity index (χ3n) is 3.37. The highest BCUT2D eigenvalue weighted by atomic mass is 16.3. The van der Waals surface area contributed by atoms with E-state index in [-0.39, 0.29) is 6.10 Å². The molecule has 0 bridgehead atoms. The molecule has 0 aromatic heterocycles. The van der Waals surface area contributed by atoms with Crippen molar-refractivity contribution in [3.05, 3.63) is 71.8 Å². The molecule has 0 amide bonds. The summed E-state index contributed by atoms with van der Waals surface area (Å²) in [5.74, 6) is 0. The average Bonchev–Trinajstić information content (AvgIpc) is 2.49. The van der Waals surface area contributed by atoms with E-state index in [1.165, 1.54) is 11.1 Å². The second kappa shape index (κ2) is 8.57. The molecule has 0 saturated carbocycles. The van der Waals surface area contributed by atoms with Crippen LogP contribution in [0, 0.1) is 0 Å². The van der Waals surface area contributed by atoms with Gasteiger partial charge >= 0.3 is 0 Å². The summed E-state index contributed by atoms with van der Waals surface area (Å²) in [5, 5.41) is 13.4. The van der Waals surface area contributed by atoms with Gasteiger partial charge in [0.15, 0.2) is 0 Å². The Morgan fingerprint density at radius 1 is 0.952 bits per heavy atom. The maximum Gasteiger partial charge on any atom is 0.0791 e. The summed E-state index contributed by atoms with van der Waals surface area (Å²) in [6, 6.07) is 20.6. The Morgan fingerprint density at radius 3 is 2.14 bits per heavy atom. The highest BCUT2D eigenvalue weighted by Crippen LogP contribution is 2.03. The lowest BCUT2D eigenvalue weighted by Crippen LogP contribution is -2.36. The minimum absolute atomic E-state index is 0.359. The van der Waals surface area contributed by atoms with Crippen LogP contribution in [0.15, 0.2) is 60.7 Å². The lowest BCUT2D eigenvalue weighted by Gasteiger charge is -2.21. The first-order chi connectivity index (χ1) is 10.2. The van der Waals surface area contributed by atoms with E-state index >= 15 is 0 Å². The van der Waals surface area contributed by atoms with Crippen molar-refractivity contribution in [2.75, 3.05) is 20.1 Å². The number of rotatable bonds is 8. The first-order valence-corrected chi connectivity index (χ1v) is 7.39. The molecule has 0 saturated heterocycles. The van der Waals surface area contributed by atoms with Crippen molar-refractivity contribution < 1.29 is 5.11 Å². The molecule has 1 unspecified atom stereocenters. The van der Waals surface area contributed by atoms with E-state index in [4.69, 9.17) is 0 Å². The van der Waals surface area contributed by atoms with Gasteiger partial charge in [0.05, 0.1) is 6.10 Å². The van der Waals surface area contributed by atoms with Crippen molar-refractivity contribution in [1.82, 2.24) is 10.2 Å². The topological polar surface area (TPSA) is 35.5 Å². The van der Waals surface area contributed by atoms with Crippen LogP contribution >= 0.6 is 0 Å². The number of aliphatic hydroxyl groups excluding tert-OH is 1. The Labute approximate surface area is 127 Å². The Kier molecular flexibility index (Phi) is 6.41. The first-order valence-electron chi connectivity index (χ1n) is 7.39. The van der Waals surface area contributed by atoms with Crippen LogP contribution in [0.25, 0.3) is 0 Å². The van der Waals surface area contributed by atoms with Crippen molar-refractivity contribution in [1.29, 1.82) is 0 Å². The smallest absolute Gasteiger partial charge is 0.0791 e. The predicted octanol–water partition coefficient (Wildman–Crippen LogP) is 2.27. The zero-order chi connectivity index (χ0) is 14.9. The van der Waals surface area contributed by atoms with Crippen molar-refractivity contribution in [3.8, 4) is 0 Å². The molecule has 112 valence electrons. The van der Waals surface area contributed by atoms with E-state index in [1.54, 1.807) is 0 Å². The summed E-state index contributed by atoms with van der Waals surface area (Å²) in [6.07, 6.45) is -0.359. The minimum atomic E-state index is -0.359. The summed E-state index contributed by atoms with van der Waals surface area (Å²) in [7, 11) is 2.04. The second-order valence-electron chi connectivity index (χ2n) is 5.45. The molecule has 3 heteroatoms. The number of aliphatic hydroxyl groups is 1. The molecule has 0 aliphatic heterocycles. The summed E-state index contributed by atoms with van der Waals surface area (Å²) in [6.45, 7) is 2.92. The predicted molar refractivity (Wildman–Crippen MR) is 86.9 cm³/mol. The monoisotopic (exact) mass is 284 g/mol. The van der Waals surface area contributed by atoms with Crippen LogP contribution in [0.3, 0.4) is 0 Å². The van der Waals surface area contributed by atoms with Crippen molar-refractivity contribution >= 4 is 0 Å². The van der Waals surface area contributed by atoms with Crippen LogP contribution in [0.2, 0.25) is 0 Å². The lowest BCUT2D eigenvalue weighted by atomic mass is 10.2. The van der Waals surface area contributed by atoms with E-state index in [0.29, 0.717) is 13.1 Å². The van der Waals surface area contributed by atoms with Gasteiger partial charge in [-0.25, -0.2) is 0 Å². The van der Waals surface area contributed by atoms with Crippen molar-refractivity contribution in [2.45, 2.75) is 19.2 Å². The summed E-state index contributed by atoms with van der Waals surface area (Å²) in [5.41, 5.74) is 2.51. The highest BCUT2D eigenvalue weighted by molar-refractivity contribution is 5.15. The molecule has 2 aromatic rings. The lowest BCUT2D eigenvalue weighted by molar-refractivity contribution is 0.121. The molecule has 0 aliphatic carbocycles. The van der Waals surface area contributed by atoms with Gasteiger partial charge in [-0.15, -0.1) is 0 Å². The largest absolute Gasteiger partial charge is 0.390 e. The maximum atomic E-state index is 10.1. The zero-order valence-electron chi connectivity index (χ0n) is 12.6. The molecule has 2 aromatic carbocycles. The molecule has 0 spiro atoms. The van der Waals surface area contributed by atoms with E-state index in [1.807, 2.05) is 43.4 Å². The Balaban J connectivity index is 1.66. The number of likely N-dealkylation sites (N-methyl/N-ethyl adjacent to an activating group) is 1. The van der Waals surface area contributed by atoms with Crippen LogP contribution < -0.4 is 5.32 Å². The van der Waals surface area contributed by atoms with Crippen LogP contribution in [0.1, 0.15) is 11.1 Å². The third-order valence-corrected chi connectivity index (χ3v) is 3.37. The molecule has 0 fully saturated rings. The summed E-state index contributed by atoms with van der Waals surface area (Å²) in [4.78, 5) is 2.14. The van der Waals surface area contributed by atoms with E-state index in [9.17, 15) is 5.11 Å². The number of hydrogen-bond donors (Lipinski definition) is 2. The molecule has 2 N–H and O–H groups in total. The first kappa shape index (κ1) is 15.7. The standard InChI is InChI=1S/C18H24N2O/c1-20(14-17-10-6-3-7-11-17)15-18(21)13-19-12-16-8-4-2-5-9-16/h2-11,18-19,21H,12-15H2,1H3. The molecule has 0 radical (unpaired) electrons. The molecule has 0 heterocycles. The van der Waals surface area contributed by atoms with Gasteiger partial charge in [0.2, 0.25) is 0 Å². The molecule has 2 rings (SSSR count). The Bertz CT molecular complexity index is 501. The molecule has 0 aliphatic rings. The van der Waals surface area contributed by atoms with E-state index < -0.39 is 0 Å². The van der Waals surface area contributed by atoms with Crippen molar-refractivity contribution in [3.63, 3.8) is 0 Å². The van der Waals surface area contributed by atoms with Crippen molar-refractivity contribution in [2.24, 2.45) is 0 Å². The van der Waals surface area contributed by atoms with Crippen LogP contribution in [0.5, 0.6) is 0 Å². The Hall–Kier alpha value is -1.68. The number of hydrogen-bond acceptors (Lipinski definition) is 3. The fourth-order valence-corrected chi connectivity index (χ4v) is 2.36. The minimum Gasteiger partial charge on any atom is -0.390 e. The van der Waals surface area contributed by atoms with Crippen LogP contribution in [-0.2, 0) is 13.1 Å². The normalized spacial score (nSPS) is 12.5. The van der Waals surface area contributed by atoms with Crippen LogP contribution in [-0.4, -0.2) is 36.2 Å². The molecule has 3 nitrogen and oxygen atoms in total. The third kappa shape index (κ3) is 6.08. The average molecular weight is 284 g/mol. The van der Waals surface area contributed by atoms with E-state index in [2.05, 4.69) is 34.5 Å². The number of nitrogens with zero attached hydrogens (tertiary/aromatic N) is 1. The van der Waals surface area contributed by atoms with Gasteiger partial charge in [0, 0.05) is 26.2 Å². The highest BCUT2D eigenvalue weighted by Gasteiger charge is 2.08. The van der Waals surface area contributed by atoms with Gasteiger partial charge in [-0.2, -0.15) is 0 Å². The molecule has 1 atom stereocenters. The molecular formula is C18H24N2O. The van der Waals surface area contributed by atoms with Gasteiger partial charge in [0.25, 0.3) is 0 Å². The summed E-state index contributed by atoms with van der Waals surface area (Å²) < 4.78 is 0. The Morgan fingerprint density at radius 2 is 1.52 bits per heavy atom. The quantitative estimate of drug-likeness (QED) is 0.780. The van der Waals surface area contributed by atoms with E-state index in [0.717, 1.165) is 13.1 Å². The van der Waals surface area contributed by atoms with Gasteiger partial charge in [-0.05, 0) is 18.2 Å². The fraction of sp³-hybridized carbons (Fsp3) is 0.333. The number of nitrogens with one attached hydrogen (secondary N) is 1. The molecule has 21 heavy (non-hydrogen) atoms. The number of benzene rings is 2. The molecular weight excluding hydrogens is 260 g/mol. The van der Waals surface area contributed by atoms with Gasteiger partial charge in [0.1, 0.15) is 0 Å². The summed E-state index contributed by atoms with van der Waals surface area (Å²) >= 11 is 0. The maximum absolute atomic E-state index is 10.1.